The van der Waals surface area contributed by atoms with Crippen LogP contribution < -0.4 is 10.6 Å². The highest BCUT2D eigenvalue weighted by Gasteiger charge is 2.25. The second-order valence-electron chi connectivity index (χ2n) is 4.76. The summed E-state index contributed by atoms with van der Waals surface area (Å²) in [5.74, 6) is 0.0239. The molecule has 2 N–H and O–H groups in total. The quantitative estimate of drug-likeness (QED) is 0.832. The van der Waals surface area contributed by atoms with Crippen LogP contribution in [0.3, 0.4) is 0 Å². The van der Waals surface area contributed by atoms with Crippen LogP contribution in [0.1, 0.15) is 24.0 Å². The fourth-order valence-electron chi connectivity index (χ4n) is 2.20. The molecular weight excluding hydrogens is 228 g/mol. The maximum Gasteiger partial charge on any atom is 0.241 e. The molecule has 0 bridgehead atoms. The number of piperidine rings is 1. The third kappa shape index (κ3) is 2.76. The number of nitrogens with one attached hydrogen (secondary N) is 2. The van der Waals surface area contributed by atoms with Crippen molar-refractivity contribution in [3.8, 4) is 0 Å². The summed E-state index contributed by atoms with van der Waals surface area (Å²) in [4.78, 5) is 23.4. The van der Waals surface area contributed by atoms with Gasteiger partial charge in [0.25, 0.3) is 0 Å². The van der Waals surface area contributed by atoms with E-state index in [1.54, 1.807) is 0 Å². The van der Waals surface area contributed by atoms with Gasteiger partial charge in [0.15, 0.2) is 0 Å². The van der Waals surface area contributed by atoms with Crippen molar-refractivity contribution in [2.45, 2.75) is 32.7 Å². The first kappa shape index (κ1) is 12.8. The van der Waals surface area contributed by atoms with E-state index < -0.39 is 6.04 Å². The van der Waals surface area contributed by atoms with Crippen molar-refractivity contribution in [2.24, 2.45) is 0 Å². The lowest BCUT2D eigenvalue weighted by atomic mass is 10.0. The highest BCUT2D eigenvalue weighted by molar-refractivity contribution is 5.99. The summed E-state index contributed by atoms with van der Waals surface area (Å²) >= 11 is 0. The van der Waals surface area contributed by atoms with E-state index in [0.717, 1.165) is 16.8 Å². The highest BCUT2D eigenvalue weighted by atomic mass is 16.2. The fraction of sp³-hybridized carbons (Fsp3) is 0.429. The summed E-state index contributed by atoms with van der Waals surface area (Å²) in [5, 5.41) is 5.99. The fourth-order valence-corrected chi connectivity index (χ4v) is 2.20. The number of hydrogen-bond acceptors (Lipinski definition) is 3. The van der Waals surface area contributed by atoms with E-state index in [1.165, 1.54) is 0 Å². The van der Waals surface area contributed by atoms with Gasteiger partial charge in [0.2, 0.25) is 5.91 Å². The number of benzene rings is 1. The van der Waals surface area contributed by atoms with E-state index >= 15 is 0 Å². The molecule has 1 aliphatic heterocycles. The summed E-state index contributed by atoms with van der Waals surface area (Å²) < 4.78 is 0. The minimum atomic E-state index is -0.398. The van der Waals surface area contributed by atoms with Crippen molar-refractivity contribution in [3.05, 3.63) is 29.3 Å². The lowest BCUT2D eigenvalue weighted by Crippen LogP contribution is -2.46. The Bertz CT molecular complexity index is 462. The minimum Gasteiger partial charge on any atom is -0.324 e. The molecular formula is C14H18N2O2. The molecule has 1 amide bonds. The van der Waals surface area contributed by atoms with E-state index in [0.29, 0.717) is 13.0 Å². The van der Waals surface area contributed by atoms with Crippen molar-refractivity contribution >= 4 is 17.4 Å². The number of aryl methyl sites for hydroxylation is 2. The number of hydrogen-bond donors (Lipinski definition) is 2. The van der Waals surface area contributed by atoms with Crippen LogP contribution >= 0.6 is 0 Å². The van der Waals surface area contributed by atoms with Gasteiger partial charge < -0.3 is 10.6 Å². The van der Waals surface area contributed by atoms with Crippen LogP contribution in [-0.2, 0) is 9.59 Å². The maximum absolute atomic E-state index is 12.1. The van der Waals surface area contributed by atoms with Gasteiger partial charge in [-0.05, 0) is 25.0 Å². The normalized spacial score (nSPS) is 19.7. The zero-order valence-corrected chi connectivity index (χ0v) is 10.7. The molecule has 18 heavy (non-hydrogen) atoms. The molecule has 0 aliphatic carbocycles. The van der Waals surface area contributed by atoms with Gasteiger partial charge in [-0.25, -0.2) is 0 Å². The number of amides is 1. The molecule has 1 aliphatic rings. The standard InChI is InChI=1S/C14H18N2O2/c1-9-4-3-5-10(2)13(9)16-14(18)12-8-11(17)6-7-15-12/h3-5,12,15H,6-8H2,1-2H3,(H,16,18). The molecule has 1 fully saturated rings. The van der Waals surface area contributed by atoms with Gasteiger partial charge in [-0.2, -0.15) is 0 Å². The van der Waals surface area contributed by atoms with Crippen LogP contribution in [0.2, 0.25) is 0 Å². The molecule has 1 saturated heterocycles. The molecule has 1 heterocycles. The van der Waals surface area contributed by atoms with Crippen molar-refractivity contribution in [1.29, 1.82) is 0 Å². The van der Waals surface area contributed by atoms with E-state index in [1.807, 2.05) is 32.0 Å². The number of anilines is 1. The van der Waals surface area contributed by atoms with Crippen LogP contribution in [-0.4, -0.2) is 24.3 Å². The van der Waals surface area contributed by atoms with Crippen LogP contribution in [0.4, 0.5) is 5.69 Å². The average molecular weight is 246 g/mol. The van der Waals surface area contributed by atoms with Crippen molar-refractivity contribution in [1.82, 2.24) is 5.32 Å². The second kappa shape index (κ2) is 5.31. The van der Waals surface area contributed by atoms with Crippen molar-refractivity contribution < 1.29 is 9.59 Å². The van der Waals surface area contributed by atoms with Crippen LogP contribution in [0.5, 0.6) is 0 Å². The SMILES string of the molecule is Cc1cccc(C)c1NC(=O)C1CC(=O)CCN1. The molecule has 4 nitrogen and oxygen atoms in total. The smallest absolute Gasteiger partial charge is 0.241 e. The monoisotopic (exact) mass is 246 g/mol. The Balaban J connectivity index is 2.09. The summed E-state index contributed by atoms with van der Waals surface area (Å²) in [7, 11) is 0. The first-order valence-corrected chi connectivity index (χ1v) is 6.20. The van der Waals surface area contributed by atoms with E-state index in [4.69, 9.17) is 0 Å². The third-order valence-corrected chi connectivity index (χ3v) is 3.27. The molecule has 0 spiro atoms. The topological polar surface area (TPSA) is 58.2 Å². The zero-order chi connectivity index (χ0) is 13.1. The first-order chi connectivity index (χ1) is 8.58. The predicted octanol–water partition coefficient (Wildman–Crippen LogP) is 1.56. The zero-order valence-electron chi connectivity index (χ0n) is 10.7. The summed E-state index contributed by atoms with van der Waals surface area (Å²) in [5.41, 5.74) is 2.92. The summed E-state index contributed by atoms with van der Waals surface area (Å²) in [6.45, 7) is 4.51. The van der Waals surface area contributed by atoms with E-state index in [2.05, 4.69) is 10.6 Å². The van der Waals surface area contributed by atoms with Gasteiger partial charge in [-0.15, -0.1) is 0 Å². The Morgan fingerprint density at radius 3 is 2.61 bits per heavy atom. The Hall–Kier alpha value is -1.68. The lowest BCUT2D eigenvalue weighted by molar-refractivity contribution is -0.126. The molecule has 1 aromatic rings. The highest BCUT2D eigenvalue weighted by Crippen LogP contribution is 2.20. The molecule has 4 heteroatoms. The van der Waals surface area contributed by atoms with Gasteiger partial charge >= 0.3 is 0 Å². The molecule has 0 aromatic heterocycles. The van der Waals surface area contributed by atoms with Gasteiger partial charge in [-0.3, -0.25) is 9.59 Å². The Kier molecular flexibility index (Phi) is 3.77. The maximum atomic E-state index is 12.1. The number of carbonyl (C=O) groups is 2. The summed E-state index contributed by atoms with van der Waals surface area (Å²) in [6, 6.07) is 5.48. The molecule has 0 radical (unpaired) electrons. The number of para-hydroxylation sites is 1. The molecule has 1 atom stereocenters. The molecule has 1 unspecified atom stereocenters. The number of carbonyl (C=O) groups excluding carboxylic acids is 2. The number of ketones is 1. The van der Waals surface area contributed by atoms with Gasteiger partial charge in [0.1, 0.15) is 5.78 Å². The number of Topliss-reactive ketones (excluding diaryl/α,β-unsaturated/α-hetero) is 1. The largest absolute Gasteiger partial charge is 0.324 e. The second-order valence-corrected chi connectivity index (χ2v) is 4.76. The van der Waals surface area contributed by atoms with Crippen molar-refractivity contribution in [2.75, 3.05) is 11.9 Å². The number of rotatable bonds is 2. The Morgan fingerprint density at radius 1 is 1.33 bits per heavy atom. The average Bonchev–Trinajstić information content (AvgIpc) is 2.34. The summed E-state index contributed by atoms with van der Waals surface area (Å²) in [6.07, 6.45) is 0.809. The molecule has 0 saturated carbocycles. The minimum absolute atomic E-state index is 0.125. The van der Waals surface area contributed by atoms with Crippen LogP contribution in [0, 0.1) is 13.8 Å². The van der Waals surface area contributed by atoms with E-state index in [9.17, 15) is 9.59 Å². The Morgan fingerprint density at radius 2 is 2.00 bits per heavy atom. The molecule has 1 aromatic carbocycles. The van der Waals surface area contributed by atoms with Crippen LogP contribution in [0.25, 0.3) is 0 Å². The van der Waals surface area contributed by atoms with Gasteiger partial charge in [-0.1, -0.05) is 18.2 Å². The Labute approximate surface area is 107 Å². The van der Waals surface area contributed by atoms with Gasteiger partial charge in [0, 0.05) is 25.1 Å². The van der Waals surface area contributed by atoms with Crippen molar-refractivity contribution in [3.63, 3.8) is 0 Å². The molecule has 96 valence electrons. The lowest BCUT2D eigenvalue weighted by Gasteiger charge is -2.22. The predicted molar refractivity (Wildman–Crippen MR) is 70.6 cm³/mol. The van der Waals surface area contributed by atoms with Gasteiger partial charge in [0.05, 0.1) is 6.04 Å². The first-order valence-electron chi connectivity index (χ1n) is 6.20. The van der Waals surface area contributed by atoms with Crippen LogP contribution in [0.15, 0.2) is 18.2 Å². The van der Waals surface area contributed by atoms with E-state index in [-0.39, 0.29) is 18.1 Å². The molecule has 2 rings (SSSR count). The third-order valence-electron chi connectivity index (χ3n) is 3.27.